The Balaban J connectivity index is 2.70. The fourth-order valence-electron chi connectivity index (χ4n) is 0.676. The molecule has 0 atom stereocenters. The molecule has 0 saturated heterocycles. The van der Waals surface area contributed by atoms with E-state index >= 15 is 0 Å². The number of ketones is 1. The van der Waals surface area contributed by atoms with Crippen molar-refractivity contribution in [2.24, 2.45) is 0 Å². The van der Waals surface area contributed by atoms with Crippen LogP contribution in [0.2, 0.25) is 0 Å². The Morgan fingerprint density at radius 2 is 2.45 bits per heavy atom. The quantitative estimate of drug-likeness (QED) is 0.728. The van der Waals surface area contributed by atoms with Crippen molar-refractivity contribution >= 4 is 61.0 Å². The molecule has 0 amide bonds. The first-order valence-electron chi connectivity index (χ1n) is 2.88. The Labute approximate surface area is 91.2 Å². The number of alkyl halides is 3. The van der Waals surface area contributed by atoms with E-state index in [4.69, 9.17) is 11.6 Å². The lowest BCUT2D eigenvalue weighted by Crippen LogP contribution is -2.05. The number of allylic oxidation sites excluding steroid dienone is 2. The molecule has 0 bridgehead atoms. The Morgan fingerprint density at radius 1 is 1.82 bits per heavy atom. The summed E-state index contributed by atoms with van der Waals surface area (Å²) in [6.07, 6.45) is 1.85. The van der Waals surface area contributed by atoms with Gasteiger partial charge < -0.3 is 0 Å². The van der Waals surface area contributed by atoms with Crippen LogP contribution in [-0.2, 0) is 4.79 Å². The predicted octanol–water partition coefficient (Wildman–Crippen LogP) is 2.91. The number of carbonyl (C=O) groups is 1. The van der Waals surface area contributed by atoms with Gasteiger partial charge in [0.1, 0.15) is 3.23 Å². The minimum absolute atomic E-state index is 0.00237. The van der Waals surface area contributed by atoms with Crippen LogP contribution in [0.5, 0.6) is 0 Å². The summed E-state index contributed by atoms with van der Waals surface area (Å²) in [5, 5.41) is 0. The highest BCUT2D eigenvalue weighted by molar-refractivity contribution is 9.25. The molecular weight excluding hydrogens is 315 g/mol. The van der Waals surface area contributed by atoms with Gasteiger partial charge >= 0.3 is 0 Å². The third kappa shape index (κ3) is 2.76. The molecule has 1 nitrogen and oxygen atoms in total. The fourth-order valence-corrected chi connectivity index (χ4v) is 3.30. The van der Waals surface area contributed by atoms with E-state index in [0.717, 1.165) is 10.7 Å². The minimum atomic E-state index is -0.207. The van der Waals surface area contributed by atoms with Crippen molar-refractivity contribution in [3.8, 4) is 0 Å². The van der Waals surface area contributed by atoms with Crippen molar-refractivity contribution in [1.82, 2.24) is 0 Å². The summed E-state index contributed by atoms with van der Waals surface area (Å²) >= 11 is 13.7. The lowest BCUT2D eigenvalue weighted by molar-refractivity contribution is -0.112. The van der Waals surface area contributed by atoms with Gasteiger partial charge in [-0.3, -0.25) is 4.79 Å². The van der Waals surface area contributed by atoms with Crippen LogP contribution in [0.4, 0.5) is 0 Å². The van der Waals surface area contributed by atoms with Gasteiger partial charge in [0.2, 0.25) is 0 Å². The molecule has 1 rings (SSSR count). The predicted molar refractivity (Wildman–Crippen MR) is 56.9 cm³/mol. The largest absolute Gasteiger partial charge is 0.292 e. The molecule has 0 fully saturated rings. The summed E-state index contributed by atoms with van der Waals surface area (Å²) in [7, 11) is 0. The van der Waals surface area contributed by atoms with E-state index in [1.165, 1.54) is 11.8 Å². The maximum atomic E-state index is 11.0. The maximum absolute atomic E-state index is 11.0. The minimum Gasteiger partial charge on any atom is -0.292 e. The fraction of sp³-hybridized carbons (Fsp3) is 0.500. The molecule has 1 aliphatic rings. The van der Waals surface area contributed by atoms with E-state index in [1.54, 1.807) is 0 Å². The standard InChI is InChI=1S/C6H5Br2ClOS/c7-6(8)1-5(11-3-6)4(10)2-9/h1H,2-3H2. The Hall–Kier alpha value is 1.01. The highest BCUT2D eigenvalue weighted by atomic mass is 79.9. The molecule has 0 aliphatic carbocycles. The van der Waals surface area contributed by atoms with E-state index in [9.17, 15) is 4.79 Å². The molecule has 11 heavy (non-hydrogen) atoms. The van der Waals surface area contributed by atoms with Crippen LogP contribution in [-0.4, -0.2) is 20.6 Å². The average Bonchev–Trinajstić information content (AvgIpc) is 2.29. The maximum Gasteiger partial charge on any atom is 0.183 e. The van der Waals surface area contributed by atoms with Crippen molar-refractivity contribution < 1.29 is 4.79 Å². The summed E-state index contributed by atoms with van der Waals surface area (Å²) in [6.45, 7) is 0. The highest BCUT2D eigenvalue weighted by Gasteiger charge is 2.29. The molecule has 0 aromatic carbocycles. The number of carbonyl (C=O) groups excluding carboxylic acids is 1. The summed E-state index contributed by atoms with van der Waals surface area (Å²) in [6, 6.07) is 0. The number of Topliss-reactive ketones (excluding diaryl/α,β-unsaturated/α-hetero) is 1. The zero-order valence-electron chi connectivity index (χ0n) is 5.44. The van der Waals surface area contributed by atoms with Gasteiger partial charge in [-0.25, -0.2) is 0 Å². The molecule has 0 aromatic rings. The van der Waals surface area contributed by atoms with Gasteiger partial charge in [-0.15, -0.1) is 23.4 Å². The van der Waals surface area contributed by atoms with Crippen LogP contribution >= 0.6 is 55.2 Å². The second-order valence-electron chi connectivity index (χ2n) is 2.12. The molecule has 5 heteroatoms. The molecule has 1 aliphatic heterocycles. The second kappa shape index (κ2) is 3.81. The lowest BCUT2D eigenvalue weighted by Gasteiger charge is -2.04. The number of hydrogen-bond donors (Lipinski definition) is 0. The van der Waals surface area contributed by atoms with Crippen LogP contribution in [0.1, 0.15) is 0 Å². The summed E-state index contributed by atoms with van der Waals surface area (Å²) in [5.41, 5.74) is 0. The van der Waals surface area contributed by atoms with Crippen molar-refractivity contribution in [1.29, 1.82) is 0 Å². The van der Waals surface area contributed by atoms with Crippen LogP contribution in [0.3, 0.4) is 0 Å². The molecule has 0 unspecified atom stereocenters. The Morgan fingerprint density at radius 3 is 2.82 bits per heavy atom. The number of thioether (sulfide) groups is 1. The van der Waals surface area contributed by atoms with Crippen molar-refractivity contribution in [2.75, 3.05) is 11.6 Å². The first-order chi connectivity index (χ1) is 5.05. The van der Waals surface area contributed by atoms with Gasteiger partial charge in [-0.1, -0.05) is 31.9 Å². The van der Waals surface area contributed by atoms with Gasteiger partial charge in [0.05, 0.1) is 5.88 Å². The molecule has 0 radical (unpaired) electrons. The molecule has 0 N–H and O–H groups in total. The smallest absolute Gasteiger partial charge is 0.183 e. The van der Waals surface area contributed by atoms with Gasteiger partial charge in [-0.2, -0.15) is 0 Å². The van der Waals surface area contributed by atoms with Gasteiger partial charge in [-0.05, 0) is 6.08 Å². The van der Waals surface area contributed by atoms with Crippen LogP contribution in [0.15, 0.2) is 11.0 Å². The average molecular weight is 320 g/mol. The zero-order valence-corrected chi connectivity index (χ0v) is 10.2. The van der Waals surface area contributed by atoms with E-state index in [-0.39, 0.29) is 14.9 Å². The molecule has 62 valence electrons. The first-order valence-corrected chi connectivity index (χ1v) is 5.98. The normalized spacial score (nSPS) is 21.5. The summed E-state index contributed by atoms with van der Waals surface area (Å²) < 4.78 is -0.207. The van der Waals surface area contributed by atoms with Crippen molar-refractivity contribution in [3.63, 3.8) is 0 Å². The third-order valence-electron chi connectivity index (χ3n) is 1.16. The van der Waals surface area contributed by atoms with Crippen molar-refractivity contribution in [3.05, 3.63) is 11.0 Å². The van der Waals surface area contributed by atoms with Gasteiger partial charge in [0, 0.05) is 10.7 Å². The Bertz CT molecular complexity index is 215. The number of hydrogen-bond acceptors (Lipinski definition) is 2. The van der Waals surface area contributed by atoms with E-state index in [2.05, 4.69) is 31.9 Å². The molecular formula is C6H5Br2ClOS. The van der Waals surface area contributed by atoms with Gasteiger partial charge in [0.15, 0.2) is 5.78 Å². The SMILES string of the molecule is O=C(CCl)C1=CC(Br)(Br)CS1. The summed E-state index contributed by atoms with van der Waals surface area (Å²) in [5.74, 6) is 0.886. The third-order valence-corrected chi connectivity index (χ3v) is 4.42. The lowest BCUT2D eigenvalue weighted by atomic mass is 10.3. The topological polar surface area (TPSA) is 17.1 Å². The highest BCUT2D eigenvalue weighted by Crippen LogP contribution is 2.42. The molecule has 0 aromatic heterocycles. The van der Waals surface area contributed by atoms with Crippen molar-refractivity contribution in [2.45, 2.75) is 3.23 Å². The van der Waals surface area contributed by atoms with E-state index in [0.29, 0.717) is 0 Å². The van der Waals surface area contributed by atoms with Gasteiger partial charge in [0.25, 0.3) is 0 Å². The van der Waals surface area contributed by atoms with Crippen LogP contribution in [0.25, 0.3) is 0 Å². The van der Waals surface area contributed by atoms with E-state index < -0.39 is 0 Å². The Kier molecular flexibility index (Phi) is 3.50. The second-order valence-corrected chi connectivity index (χ2v) is 7.29. The van der Waals surface area contributed by atoms with Crippen LogP contribution < -0.4 is 0 Å². The molecule has 0 saturated carbocycles. The monoisotopic (exact) mass is 318 g/mol. The molecule has 0 spiro atoms. The first kappa shape index (κ1) is 10.1. The summed E-state index contributed by atoms with van der Waals surface area (Å²) in [4.78, 5) is 11.8. The number of halogens is 3. The van der Waals surface area contributed by atoms with E-state index in [1.807, 2.05) is 6.08 Å². The number of rotatable bonds is 2. The zero-order chi connectivity index (χ0) is 8.48. The van der Waals surface area contributed by atoms with Crippen LogP contribution in [0, 0.1) is 0 Å². The molecule has 1 heterocycles.